The zero-order chi connectivity index (χ0) is 17.5. The summed E-state index contributed by atoms with van der Waals surface area (Å²) in [6.07, 6.45) is 0.935. The van der Waals surface area contributed by atoms with Gasteiger partial charge in [0.1, 0.15) is 0 Å². The normalized spacial score (nSPS) is 10.3. The van der Waals surface area contributed by atoms with Crippen LogP contribution in [0.15, 0.2) is 42.5 Å². The molecule has 2 rings (SSSR count). The molecule has 0 heterocycles. The Morgan fingerprint density at radius 3 is 2.25 bits per heavy atom. The third-order valence-corrected chi connectivity index (χ3v) is 3.97. The van der Waals surface area contributed by atoms with Crippen molar-refractivity contribution < 1.29 is 9.59 Å². The summed E-state index contributed by atoms with van der Waals surface area (Å²) in [5, 5.41) is 6.33. The molecule has 0 aromatic heterocycles. The Kier molecular flexibility index (Phi) is 6.38. The molecule has 24 heavy (non-hydrogen) atoms. The van der Waals surface area contributed by atoms with Crippen molar-refractivity contribution in [1.29, 1.82) is 0 Å². The van der Waals surface area contributed by atoms with Gasteiger partial charge < -0.3 is 10.6 Å². The van der Waals surface area contributed by atoms with Gasteiger partial charge in [0, 0.05) is 29.2 Å². The minimum Gasteiger partial charge on any atom is -0.352 e. The van der Waals surface area contributed by atoms with Gasteiger partial charge in [-0.05, 0) is 55.7 Å². The van der Waals surface area contributed by atoms with Crippen LogP contribution in [0.5, 0.6) is 0 Å². The number of aryl methyl sites for hydroxylation is 2. The molecule has 5 heteroatoms. The van der Waals surface area contributed by atoms with Gasteiger partial charge in [-0.25, -0.2) is 0 Å². The molecule has 0 fully saturated rings. The van der Waals surface area contributed by atoms with Crippen LogP contribution in [0.1, 0.15) is 34.3 Å². The van der Waals surface area contributed by atoms with E-state index >= 15 is 0 Å². The van der Waals surface area contributed by atoms with Crippen LogP contribution in [0, 0.1) is 13.8 Å². The summed E-state index contributed by atoms with van der Waals surface area (Å²) in [6.45, 7) is 4.38. The van der Waals surface area contributed by atoms with Gasteiger partial charge in [0.15, 0.2) is 0 Å². The fraction of sp³-hybridized carbons (Fsp3) is 0.263. The van der Waals surface area contributed by atoms with E-state index in [-0.39, 0.29) is 11.8 Å². The maximum atomic E-state index is 12.0. The molecular formula is C19H21ClN2O2. The van der Waals surface area contributed by atoms with Gasteiger partial charge in [0.25, 0.3) is 5.91 Å². The maximum absolute atomic E-state index is 12.0. The van der Waals surface area contributed by atoms with Gasteiger partial charge >= 0.3 is 0 Å². The molecule has 126 valence electrons. The average molecular weight is 345 g/mol. The number of anilines is 1. The van der Waals surface area contributed by atoms with E-state index in [9.17, 15) is 9.59 Å². The Morgan fingerprint density at radius 2 is 1.62 bits per heavy atom. The van der Waals surface area contributed by atoms with Crippen molar-refractivity contribution in [3.63, 3.8) is 0 Å². The first-order chi connectivity index (χ1) is 11.5. The molecule has 0 aliphatic rings. The Morgan fingerprint density at radius 1 is 1.00 bits per heavy atom. The van der Waals surface area contributed by atoms with Gasteiger partial charge in [0.05, 0.1) is 0 Å². The van der Waals surface area contributed by atoms with Crippen LogP contribution in [0.2, 0.25) is 5.02 Å². The second-order valence-corrected chi connectivity index (χ2v) is 6.12. The number of halogens is 1. The number of hydrogen-bond acceptors (Lipinski definition) is 2. The summed E-state index contributed by atoms with van der Waals surface area (Å²) < 4.78 is 0. The summed E-state index contributed by atoms with van der Waals surface area (Å²) in [6, 6.07) is 12.6. The van der Waals surface area contributed by atoms with E-state index in [1.54, 1.807) is 24.3 Å². The summed E-state index contributed by atoms with van der Waals surface area (Å²) >= 11 is 5.79. The van der Waals surface area contributed by atoms with Crippen molar-refractivity contribution in [2.45, 2.75) is 26.7 Å². The Labute approximate surface area is 147 Å². The summed E-state index contributed by atoms with van der Waals surface area (Å²) in [5.74, 6) is -0.213. The number of benzene rings is 2. The van der Waals surface area contributed by atoms with Gasteiger partial charge in [-0.1, -0.05) is 29.8 Å². The highest BCUT2D eigenvalue weighted by Gasteiger charge is 2.08. The number of para-hydroxylation sites is 1. The van der Waals surface area contributed by atoms with E-state index in [1.807, 2.05) is 32.0 Å². The van der Waals surface area contributed by atoms with Crippen LogP contribution in [-0.4, -0.2) is 18.4 Å². The second-order valence-electron chi connectivity index (χ2n) is 5.68. The molecule has 0 bridgehead atoms. The number of carbonyl (C=O) groups excluding carboxylic acids is 2. The highest BCUT2D eigenvalue weighted by molar-refractivity contribution is 6.30. The fourth-order valence-electron chi connectivity index (χ4n) is 2.37. The van der Waals surface area contributed by atoms with Gasteiger partial charge in [-0.15, -0.1) is 0 Å². The minimum absolute atomic E-state index is 0.0480. The summed E-state index contributed by atoms with van der Waals surface area (Å²) in [7, 11) is 0. The molecule has 0 aliphatic carbocycles. The van der Waals surface area contributed by atoms with Crippen molar-refractivity contribution in [3.8, 4) is 0 Å². The van der Waals surface area contributed by atoms with Gasteiger partial charge in [-0.3, -0.25) is 9.59 Å². The highest BCUT2D eigenvalue weighted by Crippen LogP contribution is 2.19. The van der Waals surface area contributed by atoms with Crippen molar-refractivity contribution in [1.82, 2.24) is 5.32 Å². The van der Waals surface area contributed by atoms with Crippen LogP contribution in [0.3, 0.4) is 0 Å². The van der Waals surface area contributed by atoms with Crippen molar-refractivity contribution in [3.05, 3.63) is 64.2 Å². The molecular weight excluding hydrogens is 324 g/mol. The molecule has 4 nitrogen and oxygen atoms in total. The number of carbonyl (C=O) groups is 2. The van der Waals surface area contributed by atoms with Crippen LogP contribution in [-0.2, 0) is 4.79 Å². The van der Waals surface area contributed by atoms with Crippen molar-refractivity contribution in [2.24, 2.45) is 0 Å². The van der Waals surface area contributed by atoms with E-state index in [0.29, 0.717) is 30.0 Å². The monoisotopic (exact) mass is 344 g/mol. The summed E-state index contributed by atoms with van der Waals surface area (Å²) in [5.41, 5.74) is 3.51. The van der Waals surface area contributed by atoms with Crippen LogP contribution < -0.4 is 10.6 Å². The molecule has 0 unspecified atom stereocenters. The quantitative estimate of drug-likeness (QED) is 0.775. The molecule has 2 aromatic carbocycles. The van der Waals surface area contributed by atoms with Crippen LogP contribution in [0.4, 0.5) is 5.69 Å². The lowest BCUT2D eigenvalue weighted by Crippen LogP contribution is -2.25. The standard InChI is InChI=1S/C19H21ClN2O2/c1-13-5-3-6-14(2)18(13)22-17(23)7-4-12-21-19(24)15-8-10-16(20)11-9-15/h3,5-6,8-11H,4,7,12H2,1-2H3,(H,21,24)(H,22,23). The lowest BCUT2D eigenvalue weighted by atomic mass is 10.1. The predicted octanol–water partition coefficient (Wildman–Crippen LogP) is 4.11. The zero-order valence-corrected chi connectivity index (χ0v) is 14.6. The molecule has 0 saturated heterocycles. The van der Waals surface area contributed by atoms with E-state index in [4.69, 9.17) is 11.6 Å². The van der Waals surface area contributed by atoms with Gasteiger partial charge in [-0.2, -0.15) is 0 Å². The molecule has 2 aromatic rings. The Hall–Kier alpha value is -2.33. The third kappa shape index (κ3) is 5.10. The first-order valence-electron chi connectivity index (χ1n) is 7.87. The number of hydrogen-bond donors (Lipinski definition) is 2. The maximum Gasteiger partial charge on any atom is 0.251 e. The largest absolute Gasteiger partial charge is 0.352 e. The topological polar surface area (TPSA) is 58.2 Å². The molecule has 2 amide bonds. The lowest BCUT2D eigenvalue weighted by Gasteiger charge is -2.11. The number of amides is 2. The lowest BCUT2D eigenvalue weighted by molar-refractivity contribution is -0.116. The van der Waals surface area contributed by atoms with E-state index in [1.165, 1.54) is 0 Å². The van der Waals surface area contributed by atoms with Crippen molar-refractivity contribution >= 4 is 29.1 Å². The minimum atomic E-state index is -0.165. The SMILES string of the molecule is Cc1cccc(C)c1NC(=O)CCCNC(=O)c1ccc(Cl)cc1. The fourth-order valence-corrected chi connectivity index (χ4v) is 2.49. The van der Waals surface area contributed by atoms with E-state index < -0.39 is 0 Å². The van der Waals surface area contributed by atoms with E-state index in [2.05, 4.69) is 10.6 Å². The molecule has 0 aliphatic heterocycles. The van der Waals surface area contributed by atoms with E-state index in [0.717, 1.165) is 16.8 Å². The third-order valence-electron chi connectivity index (χ3n) is 3.72. The molecule has 2 N–H and O–H groups in total. The summed E-state index contributed by atoms with van der Waals surface area (Å²) in [4.78, 5) is 24.0. The Balaban J connectivity index is 1.75. The molecule has 0 atom stereocenters. The Bertz CT molecular complexity index is 706. The molecule has 0 saturated carbocycles. The predicted molar refractivity (Wildman–Crippen MR) is 97.6 cm³/mol. The number of rotatable bonds is 6. The zero-order valence-electron chi connectivity index (χ0n) is 13.9. The second kappa shape index (κ2) is 8.50. The molecule has 0 radical (unpaired) electrons. The average Bonchev–Trinajstić information content (AvgIpc) is 2.55. The highest BCUT2D eigenvalue weighted by atomic mass is 35.5. The number of nitrogens with one attached hydrogen (secondary N) is 2. The first-order valence-corrected chi connectivity index (χ1v) is 8.25. The smallest absolute Gasteiger partial charge is 0.251 e. The van der Waals surface area contributed by atoms with Crippen LogP contribution in [0.25, 0.3) is 0 Å². The van der Waals surface area contributed by atoms with Crippen LogP contribution >= 0.6 is 11.6 Å². The first kappa shape index (κ1) is 18.0. The van der Waals surface area contributed by atoms with Gasteiger partial charge in [0.2, 0.25) is 5.91 Å². The van der Waals surface area contributed by atoms with Crippen molar-refractivity contribution in [2.75, 3.05) is 11.9 Å². The molecule has 0 spiro atoms.